The molecule has 3 aliphatic heterocycles. The zero-order chi connectivity index (χ0) is 27.6. The number of hydrogen-bond acceptors (Lipinski definition) is 5. The average Bonchev–Trinajstić information content (AvgIpc) is 3.55. The highest BCUT2D eigenvalue weighted by atomic mass is 28.4. The van der Waals surface area contributed by atoms with Crippen LogP contribution < -0.4 is 0 Å². The van der Waals surface area contributed by atoms with Crippen LogP contribution in [0.2, 0.25) is 18.1 Å². The summed E-state index contributed by atoms with van der Waals surface area (Å²) in [4.78, 5) is 0. The van der Waals surface area contributed by atoms with Gasteiger partial charge < -0.3 is 23.7 Å². The Morgan fingerprint density at radius 3 is 2.08 bits per heavy atom. The Morgan fingerprint density at radius 1 is 0.763 bits per heavy atom. The van der Waals surface area contributed by atoms with Crippen molar-refractivity contribution in [3.8, 4) is 0 Å². The Labute approximate surface area is 236 Å². The number of ether oxygens (including phenoxy) is 3. The summed E-state index contributed by atoms with van der Waals surface area (Å²) in [7, 11) is -1.89. The zero-order valence-corrected chi connectivity index (χ0v) is 26.8. The van der Waals surface area contributed by atoms with E-state index in [9.17, 15) is 0 Å². The first-order valence-electron chi connectivity index (χ1n) is 16.4. The normalized spacial score (nSPS) is 31.7. The van der Waals surface area contributed by atoms with Gasteiger partial charge in [-0.2, -0.15) is 0 Å². The molecular formula is C32H62O5Si. The molecule has 3 heterocycles. The molecule has 1 N–H and O–H groups in total. The Balaban J connectivity index is 1.50. The van der Waals surface area contributed by atoms with Gasteiger partial charge in [-0.25, -0.2) is 0 Å². The molecule has 3 aliphatic rings. The summed E-state index contributed by atoms with van der Waals surface area (Å²) in [5, 5.41) is 9.32. The van der Waals surface area contributed by atoms with Gasteiger partial charge in [-0.3, -0.25) is 0 Å². The van der Waals surface area contributed by atoms with E-state index in [-0.39, 0.29) is 41.7 Å². The van der Waals surface area contributed by atoms with Crippen LogP contribution in [-0.2, 0) is 18.6 Å². The number of rotatable bonds is 16. The van der Waals surface area contributed by atoms with Gasteiger partial charge in [-0.1, -0.05) is 72.6 Å². The molecule has 0 unspecified atom stereocenters. The minimum absolute atomic E-state index is 0.169. The van der Waals surface area contributed by atoms with Gasteiger partial charge in [0.15, 0.2) is 8.32 Å². The van der Waals surface area contributed by atoms with Crippen LogP contribution in [0.4, 0.5) is 0 Å². The first-order valence-corrected chi connectivity index (χ1v) is 19.3. The summed E-state index contributed by atoms with van der Waals surface area (Å²) in [5.41, 5.74) is 0. The fourth-order valence-corrected chi connectivity index (χ4v) is 7.75. The van der Waals surface area contributed by atoms with Gasteiger partial charge in [0.2, 0.25) is 0 Å². The molecule has 0 bridgehead atoms. The second kappa shape index (κ2) is 15.9. The van der Waals surface area contributed by atoms with E-state index in [0.717, 1.165) is 64.2 Å². The molecule has 3 saturated heterocycles. The van der Waals surface area contributed by atoms with E-state index < -0.39 is 8.32 Å². The topological polar surface area (TPSA) is 57.2 Å². The Bertz CT molecular complexity index is 650. The second-order valence-electron chi connectivity index (χ2n) is 14.0. The summed E-state index contributed by atoms with van der Waals surface area (Å²) >= 11 is 0. The molecule has 0 aromatic rings. The molecule has 0 aromatic heterocycles. The molecule has 38 heavy (non-hydrogen) atoms. The minimum atomic E-state index is -1.89. The third-order valence-corrected chi connectivity index (χ3v) is 14.3. The van der Waals surface area contributed by atoms with Gasteiger partial charge in [0.05, 0.1) is 42.7 Å². The fourth-order valence-electron chi connectivity index (χ4n) is 6.37. The van der Waals surface area contributed by atoms with E-state index in [0.29, 0.717) is 12.7 Å². The summed E-state index contributed by atoms with van der Waals surface area (Å²) in [6, 6.07) is 0. The average molecular weight is 555 g/mol. The van der Waals surface area contributed by atoms with Gasteiger partial charge >= 0.3 is 0 Å². The molecule has 5 nitrogen and oxygen atoms in total. The third-order valence-electron chi connectivity index (χ3n) is 9.83. The van der Waals surface area contributed by atoms with Crippen molar-refractivity contribution in [2.75, 3.05) is 6.61 Å². The number of aliphatic hydroxyl groups is 1. The van der Waals surface area contributed by atoms with E-state index in [2.05, 4.69) is 40.8 Å². The lowest BCUT2D eigenvalue weighted by Crippen LogP contribution is -2.47. The van der Waals surface area contributed by atoms with Crippen molar-refractivity contribution in [2.24, 2.45) is 0 Å². The van der Waals surface area contributed by atoms with E-state index >= 15 is 0 Å². The summed E-state index contributed by atoms with van der Waals surface area (Å²) in [6.45, 7) is 14.3. The van der Waals surface area contributed by atoms with Gasteiger partial charge in [0.1, 0.15) is 0 Å². The molecule has 3 fully saturated rings. The Morgan fingerprint density at radius 2 is 1.39 bits per heavy atom. The maximum Gasteiger partial charge on any atom is 0.192 e. The zero-order valence-electron chi connectivity index (χ0n) is 25.8. The van der Waals surface area contributed by atoms with Crippen LogP contribution in [0.25, 0.3) is 0 Å². The monoisotopic (exact) mass is 554 g/mol. The van der Waals surface area contributed by atoms with Crippen LogP contribution in [0.1, 0.15) is 137 Å². The van der Waals surface area contributed by atoms with Crippen LogP contribution in [-0.4, -0.2) is 62.8 Å². The number of hydrogen-bond donors (Lipinski definition) is 1. The van der Waals surface area contributed by atoms with Crippen LogP contribution in [0.3, 0.4) is 0 Å². The minimum Gasteiger partial charge on any atom is -0.411 e. The highest BCUT2D eigenvalue weighted by Crippen LogP contribution is 2.41. The summed E-state index contributed by atoms with van der Waals surface area (Å²) in [5.74, 6) is 0. The van der Waals surface area contributed by atoms with Crippen molar-refractivity contribution in [3.05, 3.63) is 0 Å². The smallest absolute Gasteiger partial charge is 0.192 e. The molecule has 7 atom stereocenters. The van der Waals surface area contributed by atoms with E-state index in [1.165, 1.54) is 44.9 Å². The molecule has 0 aromatic carbocycles. The lowest BCUT2D eigenvalue weighted by molar-refractivity contribution is -0.144. The maximum absolute atomic E-state index is 9.13. The summed E-state index contributed by atoms with van der Waals surface area (Å²) < 4.78 is 27.0. The van der Waals surface area contributed by atoms with Crippen molar-refractivity contribution in [1.29, 1.82) is 0 Å². The van der Waals surface area contributed by atoms with Crippen molar-refractivity contribution in [2.45, 2.75) is 198 Å². The highest BCUT2D eigenvalue weighted by Gasteiger charge is 2.45. The van der Waals surface area contributed by atoms with Crippen LogP contribution in [0, 0.1) is 0 Å². The molecular weight excluding hydrogens is 492 g/mol. The largest absolute Gasteiger partial charge is 0.411 e. The predicted octanol–water partition coefficient (Wildman–Crippen LogP) is 8.32. The van der Waals surface area contributed by atoms with Crippen LogP contribution in [0.5, 0.6) is 0 Å². The van der Waals surface area contributed by atoms with E-state index in [4.69, 9.17) is 23.7 Å². The molecule has 0 aliphatic carbocycles. The van der Waals surface area contributed by atoms with Gasteiger partial charge in [-0.05, 0) is 82.3 Å². The molecule has 0 saturated carbocycles. The molecule has 3 rings (SSSR count). The predicted molar refractivity (Wildman–Crippen MR) is 159 cm³/mol. The quantitative estimate of drug-likeness (QED) is 0.153. The Hall–Kier alpha value is 0.0169. The van der Waals surface area contributed by atoms with E-state index in [1.54, 1.807) is 0 Å². The highest BCUT2D eigenvalue weighted by molar-refractivity contribution is 6.74. The third kappa shape index (κ3) is 9.83. The Kier molecular flexibility index (Phi) is 13.6. The van der Waals surface area contributed by atoms with Gasteiger partial charge in [-0.15, -0.1) is 0 Å². The van der Waals surface area contributed by atoms with Crippen LogP contribution >= 0.6 is 0 Å². The van der Waals surface area contributed by atoms with Crippen molar-refractivity contribution < 1.29 is 23.7 Å². The second-order valence-corrected chi connectivity index (χ2v) is 18.8. The first kappa shape index (κ1) is 32.5. The molecule has 6 heteroatoms. The molecule has 224 valence electrons. The van der Waals surface area contributed by atoms with Gasteiger partial charge in [0.25, 0.3) is 0 Å². The first-order chi connectivity index (χ1) is 18.1. The molecule has 0 amide bonds. The lowest BCUT2D eigenvalue weighted by atomic mass is 9.96. The van der Waals surface area contributed by atoms with Crippen LogP contribution in [0.15, 0.2) is 0 Å². The van der Waals surface area contributed by atoms with E-state index in [1.807, 2.05) is 0 Å². The van der Waals surface area contributed by atoms with Crippen molar-refractivity contribution >= 4 is 8.32 Å². The van der Waals surface area contributed by atoms with Gasteiger partial charge in [0, 0.05) is 6.61 Å². The standard InChI is InChI=1S/C32H62O5Si/c1-7-8-9-12-16-25-17-15-19-26(34-25)27-20-21-28(35-27)29-22-23-30(36-29)31(18-13-10-11-14-24-33)37-38(5,6)32(2,3)4/h25-31,33H,7-24H2,1-6H3/t25-,26-,27-,28+,29+,30+,31+/m0/s1. The number of aliphatic hydroxyl groups excluding tert-OH is 1. The van der Waals surface area contributed by atoms with Crippen molar-refractivity contribution in [3.63, 3.8) is 0 Å². The molecule has 0 spiro atoms. The maximum atomic E-state index is 9.13. The fraction of sp³-hybridized carbons (Fsp3) is 1.00. The number of unbranched alkanes of at least 4 members (excludes halogenated alkanes) is 6. The molecule has 0 radical (unpaired) electrons. The van der Waals surface area contributed by atoms with Crippen molar-refractivity contribution in [1.82, 2.24) is 0 Å². The lowest BCUT2D eigenvalue weighted by Gasteiger charge is -2.41. The summed E-state index contributed by atoms with van der Waals surface area (Å²) in [6.07, 6.45) is 21.6. The SMILES string of the molecule is CCCCCC[C@H]1CCC[C@@H]([C@@H]2CC[C@H]([C@H]3CC[C@H]([C@@H](CCCCCCO)O[Si](C)(C)C(C)(C)C)O3)O2)O1.